The maximum Gasteiger partial charge on any atom is 0.317 e. The Hall–Kier alpha value is -2.76. The van der Waals surface area contributed by atoms with Gasteiger partial charge in [0.15, 0.2) is 0 Å². The number of hydrogen-bond donors (Lipinski definition) is 2. The lowest BCUT2D eigenvalue weighted by Crippen LogP contribution is -2.36. The second kappa shape index (κ2) is 8.19. The number of amides is 3. The van der Waals surface area contributed by atoms with Crippen molar-refractivity contribution in [3.05, 3.63) is 59.5 Å². The maximum absolute atomic E-state index is 12.1. The van der Waals surface area contributed by atoms with Crippen LogP contribution in [0, 0.1) is 0 Å². The number of hydrogen-bond acceptors (Lipinski definition) is 3. The summed E-state index contributed by atoms with van der Waals surface area (Å²) >= 11 is 0. The van der Waals surface area contributed by atoms with Crippen molar-refractivity contribution in [2.45, 2.75) is 33.0 Å². The lowest BCUT2D eigenvalue weighted by Gasteiger charge is -2.17. The molecule has 0 saturated heterocycles. The summed E-state index contributed by atoms with van der Waals surface area (Å²) in [6.07, 6.45) is 1.58. The molecule has 6 nitrogen and oxygen atoms in total. The van der Waals surface area contributed by atoms with Gasteiger partial charge in [-0.15, -0.1) is 0 Å². The van der Waals surface area contributed by atoms with Crippen molar-refractivity contribution >= 4 is 11.9 Å². The molecule has 1 aromatic carbocycles. The van der Waals surface area contributed by atoms with Crippen LogP contribution in [0.2, 0.25) is 0 Å². The van der Waals surface area contributed by atoms with E-state index in [9.17, 15) is 9.59 Å². The number of carbonyl (C=O) groups is 2. The van der Waals surface area contributed by atoms with E-state index < -0.39 is 0 Å². The highest BCUT2D eigenvalue weighted by Crippen LogP contribution is 2.07. The summed E-state index contributed by atoms with van der Waals surface area (Å²) in [6.45, 7) is 4.58. The van der Waals surface area contributed by atoms with Crippen LogP contribution in [-0.4, -0.2) is 29.9 Å². The smallest absolute Gasteiger partial charge is 0.317 e. The first-order valence-corrected chi connectivity index (χ1v) is 7.87. The van der Waals surface area contributed by atoms with Crippen LogP contribution >= 0.6 is 0 Å². The third kappa shape index (κ3) is 5.15. The molecular formula is C18H23N3O3. The van der Waals surface area contributed by atoms with Crippen molar-refractivity contribution in [3.8, 4) is 0 Å². The normalized spacial score (nSPS) is 10.5. The topological polar surface area (TPSA) is 74.6 Å². The summed E-state index contributed by atoms with van der Waals surface area (Å²) in [7, 11) is 1.70. The highest BCUT2D eigenvalue weighted by molar-refractivity contribution is 5.94. The van der Waals surface area contributed by atoms with E-state index in [0.717, 1.165) is 11.3 Å². The van der Waals surface area contributed by atoms with Crippen LogP contribution in [0.3, 0.4) is 0 Å². The first-order valence-electron chi connectivity index (χ1n) is 7.87. The zero-order chi connectivity index (χ0) is 17.5. The Morgan fingerprint density at radius 1 is 1.21 bits per heavy atom. The van der Waals surface area contributed by atoms with Crippen molar-refractivity contribution in [2.75, 3.05) is 7.05 Å². The van der Waals surface area contributed by atoms with E-state index in [1.807, 2.05) is 32.0 Å². The molecule has 0 aliphatic carbocycles. The largest absolute Gasteiger partial charge is 0.467 e. The minimum absolute atomic E-state index is 0.0797. The van der Waals surface area contributed by atoms with Crippen LogP contribution in [0.5, 0.6) is 0 Å². The van der Waals surface area contributed by atoms with Gasteiger partial charge in [-0.25, -0.2) is 4.79 Å². The van der Waals surface area contributed by atoms with Gasteiger partial charge in [-0.1, -0.05) is 12.1 Å². The molecule has 3 amide bonds. The first-order chi connectivity index (χ1) is 11.5. The molecule has 2 rings (SSSR count). The molecule has 24 heavy (non-hydrogen) atoms. The van der Waals surface area contributed by atoms with Crippen molar-refractivity contribution in [1.82, 2.24) is 15.5 Å². The van der Waals surface area contributed by atoms with Crippen LogP contribution in [0.25, 0.3) is 0 Å². The van der Waals surface area contributed by atoms with Crippen LogP contribution in [0.15, 0.2) is 47.1 Å². The van der Waals surface area contributed by atoms with Gasteiger partial charge >= 0.3 is 6.03 Å². The van der Waals surface area contributed by atoms with Crippen LogP contribution in [0.4, 0.5) is 4.79 Å². The van der Waals surface area contributed by atoms with E-state index in [-0.39, 0.29) is 18.0 Å². The minimum atomic E-state index is -0.205. The predicted molar refractivity (Wildman–Crippen MR) is 91.5 cm³/mol. The van der Waals surface area contributed by atoms with E-state index in [4.69, 9.17) is 4.42 Å². The quantitative estimate of drug-likeness (QED) is 0.856. The van der Waals surface area contributed by atoms with Crippen molar-refractivity contribution in [1.29, 1.82) is 0 Å². The van der Waals surface area contributed by atoms with Crippen LogP contribution < -0.4 is 10.6 Å². The molecule has 0 aliphatic rings. The molecule has 0 unspecified atom stereocenters. The second-order valence-corrected chi connectivity index (χ2v) is 5.92. The van der Waals surface area contributed by atoms with Gasteiger partial charge in [0.25, 0.3) is 5.91 Å². The van der Waals surface area contributed by atoms with E-state index in [1.54, 1.807) is 31.5 Å². The summed E-state index contributed by atoms with van der Waals surface area (Å²) in [6, 6.07) is 10.7. The summed E-state index contributed by atoms with van der Waals surface area (Å²) in [5.74, 6) is 0.605. The van der Waals surface area contributed by atoms with Gasteiger partial charge in [0.2, 0.25) is 0 Å². The molecule has 0 radical (unpaired) electrons. The molecule has 2 aromatic rings. The molecule has 2 N–H and O–H groups in total. The zero-order valence-corrected chi connectivity index (χ0v) is 14.2. The van der Waals surface area contributed by atoms with E-state index in [1.165, 1.54) is 4.90 Å². The Morgan fingerprint density at radius 3 is 2.67 bits per heavy atom. The van der Waals surface area contributed by atoms with Crippen molar-refractivity contribution in [3.63, 3.8) is 0 Å². The maximum atomic E-state index is 12.1. The molecule has 0 saturated carbocycles. The van der Waals surface area contributed by atoms with Crippen molar-refractivity contribution in [2.24, 2.45) is 0 Å². The Morgan fingerprint density at radius 2 is 2.00 bits per heavy atom. The molecule has 1 heterocycles. The van der Waals surface area contributed by atoms with E-state index >= 15 is 0 Å². The molecule has 1 aromatic heterocycles. The number of nitrogens with zero attached hydrogens (tertiary/aromatic N) is 1. The first kappa shape index (κ1) is 17.6. The Bertz CT molecular complexity index is 681. The van der Waals surface area contributed by atoms with E-state index in [2.05, 4.69) is 10.6 Å². The molecule has 0 atom stereocenters. The highest BCUT2D eigenvalue weighted by Gasteiger charge is 2.11. The average molecular weight is 329 g/mol. The molecular weight excluding hydrogens is 306 g/mol. The second-order valence-electron chi connectivity index (χ2n) is 5.92. The van der Waals surface area contributed by atoms with Gasteiger partial charge in [-0.2, -0.15) is 0 Å². The van der Waals surface area contributed by atoms with Gasteiger partial charge < -0.3 is 20.0 Å². The Kier molecular flexibility index (Phi) is 6.01. The van der Waals surface area contributed by atoms with Crippen LogP contribution in [-0.2, 0) is 13.1 Å². The third-order valence-corrected chi connectivity index (χ3v) is 3.37. The average Bonchev–Trinajstić information content (AvgIpc) is 3.05. The van der Waals surface area contributed by atoms with Gasteiger partial charge in [0, 0.05) is 25.2 Å². The molecule has 128 valence electrons. The Balaban J connectivity index is 1.89. The molecule has 0 spiro atoms. The zero-order valence-electron chi connectivity index (χ0n) is 14.2. The number of furan rings is 1. The monoisotopic (exact) mass is 329 g/mol. The summed E-state index contributed by atoms with van der Waals surface area (Å²) in [4.78, 5) is 25.7. The van der Waals surface area contributed by atoms with Gasteiger partial charge in [-0.3, -0.25) is 4.79 Å². The van der Waals surface area contributed by atoms with Crippen LogP contribution in [0.1, 0.15) is 35.5 Å². The Labute approximate surface area is 141 Å². The standard InChI is InChI=1S/C18H23N3O3/c1-13(2)20-17(22)15-7-4-6-14(10-15)11-19-18(23)21(3)12-16-8-5-9-24-16/h4-10,13H,11-12H2,1-3H3,(H,19,23)(H,20,22). The number of urea groups is 1. The van der Waals surface area contributed by atoms with Gasteiger partial charge in [0.1, 0.15) is 5.76 Å². The lowest BCUT2D eigenvalue weighted by atomic mass is 10.1. The number of benzene rings is 1. The van der Waals surface area contributed by atoms with Gasteiger partial charge in [-0.05, 0) is 43.7 Å². The van der Waals surface area contributed by atoms with E-state index in [0.29, 0.717) is 18.7 Å². The molecule has 0 bridgehead atoms. The number of carbonyl (C=O) groups excluding carboxylic acids is 2. The highest BCUT2D eigenvalue weighted by atomic mass is 16.3. The third-order valence-electron chi connectivity index (χ3n) is 3.37. The molecule has 0 aliphatic heterocycles. The molecule has 0 fully saturated rings. The fourth-order valence-electron chi connectivity index (χ4n) is 2.19. The molecule has 6 heteroatoms. The lowest BCUT2D eigenvalue weighted by molar-refractivity contribution is 0.0943. The number of rotatable bonds is 6. The summed E-state index contributed by atoms with van der Waals surface area (Å²) in [5.41, 5.74) is 1.45. The van der Waals surface area contributed by atoms with Gasteiger partial charge in [0.05, 0.1) is 12.8 Å². The number of nitrogens with one attached hydrogen (secondary N) is 2. The fourth-order valence-corrected chi connectivity index (χ4v) is 2.19. The summed E-state index contributed by atoms with van der Waals surface area (Å²) < 4.78 is 5.22. The van der Waals surface area contributed by atoms with Crippen molar-refractivity contribution < 1.29 is 14.0 Å². The fraction of sp³-hybridized carbons (Fsp3) is 0.333. The SMILES string of the molecule is CC(C)NC(=O)c1cccc(CNC(=O)N(C)Cc2ccco2)c1. The minimum Gasteiger partial charge on any atom is -0.467 e. The summed E-state index contributed by atoms with van der Waals surface area (Å²) in [5, 5.41) is 5.68. The predicted octanol–water partition coefficient (Wildman–Crippen LogP) is 2.76.